The molecule has 1 N–H and O–H groups in total. The fourth-order valence-corrected chi connectivity index (χ4v) is 3.83. The summed E-state index contributed by atoms with van der Waals surface area (Å²) in [6, 6.07) is 5.76. The fraction of sp³-hybridized carbons (Fsp3) is 0.474. The van der Waals surface area contributed by atoms with Crippen molar-refractivity contribution in [2.75, 3.05) is 24.6 Å². The maximum Gasteiger partial charge on any atom is 0.158 e. The second-order valence-electron chi connectivity index (χ2n) is 6.77. The van der Waals surface area contributed by atoms with E-state index in [1.165, 1.54) is 5.56 Å². The Balaban J connectivity index is 1.87. The minimum Gasteiger partial charge on any atom is -0.463 e. The van der Waals surface area contributed by atoms with Gasteiger partial charge in [-0.1, -0.05) is 6.92 Å². The first-order chi connectivity index (χ1) is 12.2. The van der Waals surface area contributed by atoms with Gasteiger partial charge in [-0.2, -0.15) is 9.61 Å². The first kappa shape index (κ1) is 16.1. The van der Waals surface area contributed by atoms with E-state index in [0.29, 0.717) is 5.92 Å². The van der Waals surface area contributed by atoms with E-state index in [4.69, 9.17) is 14.5 Å². The zero-order valence-electron chi connectivity index (χ0n) is 14.8. The number of aromatic nitrogens is 3. The Kier molecular flexibility index (Phi) is 4.21. The third-order valence-corrected chi connectivity index (χ3v) is 5.08. The second kappa shape index (κ2) is 6.52. The van der Waals surface area contributed by atoms with Gasteiger partial charge in [-0.15, -0.1) is 0 Å². The van der Waals surface area contributed by atoms with Crippen LogP contribution in [0.1, 0.15) is 31.0 Å². The van der Waals surface area contributed by atoms with Crippen LogP contribution in [0.3, 0.4) is 0 Å². The quantitative estimate of drug-likeness (QED) is 0.790. The Labute approximate surface area is 147 Å². The van der Waals surface area contributed by atoms with E-state index in [0.717, 1.165) is 61.0 Å². The molecule has 6 heteroatoms. The smallest absolute Gasteiger partial charge is 0.158 e. The number of fused-ring (bicyclic) bond motifs is 1. The molecule has 0 bridgehead atoms. The van der Waals surface area contributed by atoms with Crippen LogP contribution in [0.15, 0.2) is 28.9 Å². The Morgan fingerprint density at radius 1 is 1.40 bits per heavy atom. The molecule has 3 aromatic heterocycles. The number of aliphatic hydroxyl groups excluding tert-OH is 1. The van der Waals surface area contributed by atoms with Gasteiger partial charge in [0.05, 0.1) is 6.26 Å². The highest BCUT2D eigenvalue weighted by molar-refractivity contribution is 5.64. The normalized spacial score (nSPS) is 18.2. The highest BCUT2D eigenvalue weighted by Crippen LogP contribution is 2.30. The summed E-state index contributed by atoms with van der Waals surface area (Å²) in [7, 11) is 0. The van der Waals surface area contributed by atoms with Gasteiger partial charge in [0.15, 0.2) is 11.4 Å². The van der Waals surface area contributed by atoms with Crippen molar-refractivity contribution in [2.24, 2.45) is 5.92 Å². The number of aryl methyl sites for hydroxylation is 1. The van der Waals surface area contributed by atoms with Gasteiger partial charge >= 0.3 is 0 Å². The van der Waals surface area contributed by atoms with Crippen LogP contribution in [0.2, 0.25) is 0 Å². The van der Waals surface area contributed by atoms with Gasteiger partial charge in [0.2, 0.25) is 0 Å². The Morgan fingerprint density at radius 3 is 3.00 bits per heavy atom. The van der Waals surface area contributed by atoms with Gasteiger partial charge in [-0.25, -0.2) is 4.98 Å². The van der Waals surface area contributed by atoms with E-state index in [-0.39, 0.29) is 6.61 Å². The van der Waals surface area contributed by atoms with Crippen molar-refractivity contribution in [2.45, 2.75) is 33.1 Å². The summed E-state index contributed by atoms with van der Waals surface area (Å²) in [5.41, 5.74) is 3.89. The molecule has 0 amide bonds. The summed E-state index contributed by atoms with van der Waals surface area (Å²) >= 11 is 0. The highest BCUT2D eigenvalue weighted by atomic mass is 16.3. The third kappa shape index (κ3) is 2.80. The summed E-state index contributed by atoms with van der Waals surface area (Å²) in [5, 5.41) is 14.4. The third-order valence-electron chi connectivity index (χ3n) is 5.08. The molecule has 1 aliphatic rings. The molecule has 4 rings (SSSR count). The first-order valence-corrected chi connectivity index (χ1v) is 9.00. The van der Waals surface area contributed by atoms with Gasteiger partial charge in [0, 0.05) is 37.0 Å². The van der Waals surface area contributed by atoms with Gasteiger partial charge in [0.1, 0.15) is 11.5 Å². The molecule has 1 fully saturated rings. The Bertz CT molecular complexity index is 869. The van der Waals surface area contributed by atoms with Crippen LogP contribution in [-0.2, 0) is 6.42 Å². The van der Waals surface area contributed by atoms with Gasteiger partial charge in [-0.3, -0.25) is 0 Å². The summed E-state index contributed by atoms with van der Waals surface area (Å²) in [6.07, 6.45) is 4.73. The number of piperidine rings is 1. The molecule has 0 spiro atoms. The molecule has 0 radical (unpaired) electrons. The van der Waals surface area contributed by atoms with E-state index >= 15 is 0 Å². The zero-order valence-corrected chi connectivity index (χ0v) is 14.8. The average molecular weight is 340 g/mol. The van der Waals surface area contributed by atoms with E-state index in [1.54, 1.807) is 6.26 Å². The van der Waals surface area contributed by atoms with Crippen molar-refractivity contribution < 1.29 is 9.52 Å². The van der Waals surface area contributed by atoms with Crippen LogP contribution in [0.4, 0.5) is 5.82 Å². The Morgan fingerprint density at radius 2 is 2.28 bits per heavy atom. The second-order valence-corrected chi connectivity index (χ2v) is 6.77. The summed E-state index contributed by atoms with van der Waals surface area (Å²) in [6.45, 7) is 6.30. The van der Waals surface area contributed by atoms with E-state index in [9.17, 15) is 5.11 Å². The SMILES string of the molecule is CCc1c(C)nc2cc(-c3ccco3)nn2c1N1CCC[C@H](CO)C1. The summed E-state index contributed by atoms with van der Waals surface area (Å²) in [4.78, 5) is 7.12. The predicted octanol–water partition coefficient (Wildman–Crippen LogP) is 3.07. The average Bonchev–Trinajstić information content (AvgIpc) is 3.29. The van der Waals surface area contributed by atoms with E-state index in [2.05, 4.69) is 18.7 Å². The molecule has 1 atom stereocenters. The van der Waals surface area contributed by atoms with Crippen LogP contribution < -0.4 is 4.90 Å². The van der Waals surface area contributed by atoms with Crippen molar-refractivity contribution in [3.05, 3.63) is 35.7 Å². The van der Waals surface area contributed by atoms with Crippen molar-refractivity contribution in [3.8, 4) is 11.5 Å². The molecule has 4 heterocycles. The minimum absolute atomic E-state index is 0.238. The van der Waals surface area contributed by atoms with Crippen molar-refractivity contribution in [1.29, 1.82) is 0 Å². The van der Waals surface area contributed by atoms with Gasteiger partial charge < -0.3 is 14.4 Å². The molecule has 3 aromatic rings. The molecule has 0 aromatic carbocycles. The molecule has 1 saturated heterocycles. The minimum atomic E-state index is 0.238. The number of nitrogens with zero attached hydrogens (tertiary/aromatic N) is 4. The lowest BCUT2D eigenvalue weighted by molar-refractivity contribution is 0.208. The fourth-order valence-electron chi connectivity index (χ4n) is 3.83. The summed E-state index contributed by atoms with van der Waals surface area (Å²) in [5.74, 6) is 2.18. The van der Waals surface area contributed by atoms with E-state index in [1.807, 2.05) is 22.7 Å². The Hall–Kier alpha value is -2.34. The largest absolute Gasteiger partial charge is 0.463 e. The molecule has 6 nitrogen and oxygen atoms in total. The van der Waals surface area contributed by atoms with Crippen molar-refractivity contribution >= 4 is 11.5 Å². The zero-order chi connectivity index (χ0) is 17.4. The summed E-state index contributed by atoms with van der Waals surface area (Å²) < 4.78 is 7.45. The molecule has 0 unspecified atom stereocenters. The van der Waals surface area contributed by atoms with E-state index < -0.39 is 0 Å². The van der Waals surface area contributed by atoms with Gasteiger partial charge in [-0.05, 0) is 44.2 Å². The van der Waals surface area contributed by atoms with Crippen LogP contribution >= 0.6 is 0 Å². The maximum atomic E-state index is 9.61. The van der Waals surface area contributed by atoms with Crippen LogP contribution in [0.25, 0.3) is 17.1 Å². The van der Waals surface area contributed by atoms with Crippen LogP contribution in [0.5, 0.6) is 0 Å². The molecule has 0 saturated carbocycles. The number of furan rings is 1. The van der Waals surface area contributed by atoms with Crippen LogP contribution in [-0.4, -0.2) is 39.4 Å². The topological polar surface area (TPSA) is 66.8 Å². The highest BCUT2D eigenvalue weighted by Gasteiger charge is 2.25. The monoisotopic (exact) mass is 340 g/mol. The molecule has 132 valence electrons. The maximum absolute atomic E-state index is 9.61. The predicted molar refractivity (Wildman–Crippen MR) is 96.8 cm³/mol. The molecule has 0 aliphatic carbocycles. The van der Waals surface area contributed by atoms with Gasteiger partial charge in [0.25, 0.3) is 0 Å². The lowest BCUT2D eigenvalue weighted by atomic mass is 9.98. The number of hydrogen-bond acceptors (Lipinski definition) is 5. The van der Waals surface area contributed by atoms with Crippen LogP contribution in [0, 0.1) is 12.8 Å². The number of rotatable bonds is 4. The lowest BCUT2D eigenvalue weighted by Crippen LogP contribution is -2.38. The molecular weight excluding hydrogens is 316 g/mol. The first-order valence-electron chi connectivity index (χ1n) is 9.00. The molecule has 1 aliphatic heterocycles. The number of aliphatic hydroxyl groups is 1. The number of anilines is 1. The molecule has 25 heavy (non-hydrogen) atoms. The lowest BCUT2D eigenvalue weighted by Gasteiger charge is -2.35. The number of hydrogen-bond donors (Lipinski definition) is 1. The van der Waals surface area contributed by atoms with Crippen molar-refractivity contribution in [1.82, 2.24) is 14.6 Å². The van der Waals surface area contributed by atoms with Crippen molar-refractivity contribution in [3.63, 3.8) is 0 Å². The standard InChI is InChI=1S/C19H24N4O2/c1-3-15-13(2)20-18-10-16(17-7-5-9-25-17)21-23(18)19(15)22-8-4-6-14(11-22)12-24/h5,7,9-10,14,24H,3-4,6,8,11-12H2,1-2H3/t14-/m0/s1. The molecular formula is C19H24N4O2.